The molecule has 0 radical (unpaired) electrons. The van der Waals surface area contributed by atoms with Crippen molar-refractivity contribution in [2.75, 3.05) is 0 Å². The van der Waals surface area contributed by atoms with Gasteiger partial charge in [-0.1, -0.05) is 363 Å². The van der Waals surface area contributed by atoms with E-state index in [4.69, 9.17) is 43.1 Å². The van der Waals surface area contributed by atoms with Crippen LogP contribution in [0.3, 0.4) is 0 Å². The zero-order valence-corrected chi connectivity index (χ0v) is 58.1. The van der Waals surface area contributed by atoms with Gasteiger partial charge in [0, 0.05) is 21.5 Å². The van der Waals surface area contributed by atoms with Crippen LogP contribution in [0.2, 0.25) is 0 Å². The van der Waals surface area contributed by atoms with Gasteiger partial charge in [0.2, 0.25) is 0 Å². The van der Waals surface area contributed by atoms with Crippen molar-refractivity contribution in [1.82, 2.24) is 0 Å². The summed E-state index contributed by atoms with van der Waals surface area (Å²) in [4.78, 5) is 0. The normalized spacial score (nSPS) is 14.8. The molecule has 0 fully saturated rings. The molecule has 2 nitrogen and oxygen atoms in total. The first-order valence-electron chi connectivity index (χ1n) is 48.3. The Balaban J connectivity index is 0.000000123. The Morgan fingerprint density at radius 3 is 1.03 bits per heavy atom. The van der Waals surface area contributed by atoms with Crippen LogP contribution in [0.1, 0.15) is 34.3 Å². The van der Waals surface area contributed by atoms with E-state index >= 15 is 0 Å². The highest BCUT2D eigenvalue weighted by Crippen LogP contribution is 2.50. The van der Waals surface area contributed by atoms with Gasteiger partial charge in [-0.15, -0.1) is 0 Å². The maximum Gasteiger partial charge on any atom is 0.136 e. The van der Waals surface area contributed by atoms with Gasteiger partial charge in [-0.3, -0.25) is 0 Å². The lowest BCUT2D eigenvalue weighted by molar-refractivity contribution is 0.669. The molecule has 0 spiro atoms. The number of hydrogen-bond acceptors (Lipinski definition) is 2. The molecule has 0 saturated heterocycles. The van der Waals surface area contributed by atoms with Crippen molar-refractivity contribution in [1.29, 1.82) is 0 Å². The quantitative estimate of drug-likeness (QED) is 0.149. The maximum absolute atomic E-state index is 9.07. The fourth-order valence-corrected chi connectivity index (χ4v) is 16.0. The molecule has 23 rings (SSSR count). The molecule has 0 bridgehead atoms. The SMILES string of the molecule is [2H]c1c([2H])c([2H])c(-c2c3c([2H])c([2H])c([2H])c([2H])c3c(-c3c([2H])c([2H])c([2H])c4c([2H])c([2H])c([2H])c([2H])c34)c3c([2H])c([2H])c([2H])c([2H])c23)c([2H])c1[2H].[2H]c1c([2H])c([2H])c(-c2ccc(-c3c4ccccc4c(-c4ccc5oc6cc7ccccc7cc6c5c4)c4ccccc34)cc2)c([2H])c1[2H].c1ccc2cc(-c3c4ccccc4c(-c4ccc5oc6ccccc6c5c4)c4ccccc34)ccc2c1. The molecule has 110 heavy (non-hydrogen) atoms. The zero-order valence-electron chi connectivity index (χ0n) is 83.1. The Morgan fingerprint density at radius 2 is 0.491 bits per heavy atom. The van der Waals surface area contributed by atoms with E-state index in [0.29, 0.717) is 5.56 Å². The number of hydrogen-bond donors (Lipinski definition) is 0. The molecule has 0 unspecified atom stereocenters. The summed E-state index contributed by atoms with van der Waals surface area (Å²) >= 11 is 0. The van der Waals surface area contributed by atoms with Crippen LogP contribution in [-0.4, -0.2) is 0 Å². The molecule has 512 valence electrons. The molecular formula is C108H68O2. The van der Waals surface area contributed by atoms with Gasteiger partial charge in [-0.2, -0.15) is 0 Å². The lowest BCUT2D eigenvalue weighted by atomic mass is 9.85. The predicted octanol–water partition coefficient (Wildman–Crippen LogP) is 30.9. The number of fused-ring (bicyclic) bond motifs is 15. The van der Waals surface area contributed by atoms with Crippen LogP contribution in [0.15, 0.2) is 421 Å². The predicted molar refractivity (Wildman–Crippen MR) is 469 cm³/mol. The molecular weight excluding hydrogens is 1330 g/mol. The van der Waals surface area contributed by atoms with Crippen molar-refractivity contribution in [3.8, 4) is 77.9 Å². The van der Waals surface area contributed by atoms with Crippen molar-refractivity contribution in [2.24, 2.45) is 0 Å². The first kappa shape index (κ1) is 43.2. The minimum atomic E-state index is -0.878. The van der Waals surface area contributed by atoms with Crippen molar-refractivity contribution in [2.45, 2.75) is 0 Å². The number of rotatable bonds is 7. The summed E-state index contributed by atoms with van der Waals surface area (Å²) in [7, 11) is 0. The molecule has 2 heteroatoms. The first-order chi connectivity index (χ1) is 64.9. The Labute approximate surface area is 671 Å². The molecule has 21 aromatic carbocycles. The summed E-state index contributed by atoms with van der Waals surface area (Å²) in [5.74, 6) is 0. The number of benzene rings is 21. The van der Waals surface area contributed by atoms with Crippen LogP contribution >= 0.6 is 0 Å². The summed E-state index contributed by atoms with van der Waals surface area (Å²) in [6.45, 7) is 0. The Morgan fingerprint density at radius 1 is 0.155 bits per heavy atom. The Hall–Kier alpha value is -14.4. The van der Waals surface area contributed by atoms with Crippen molar-refractivity contribution in [3.63, 3.8) is 0 Å². The van der Waals surface area contributed by atoms with Crippen LogP contribution in [-0.2, 0) is 0 Å². The summed E-state index contributed by atoms with van der Waals surface area (Å²) in [6, 6.07) is 73.3. The highest BCUT2D eigenvalue weighted by atomic mass is 16.3. The molecule has 0 saturated carbocycles. The van der Waals surface area contributed by atoms with E-state index < -0.39 is 181 Å². The van der Waals surface area contributed by atoms with Gasteiger partial charge in [0.05, 0.1) is 34.3 Å². The van der Waals surface area contributed by atoms with Gasteiger partial charge in [0.15, 0.2) is 0 Å². The van der Waals surface area contributed by atoms with E-state index in [0.717, 1.165) is 93.1 Å². The topological polar surface area (TPSA) is 26.3 Å². The van der Waals surface area contributed by atoms with Crippen LogP contribution in [0.25, 0.3) is 219 Å². The largest absolute Gasteiger partial charge is 0.456 e. The second-order valence-electron chi connectivity index (χ2n) is 26.9. The molecule has 0 aliphatic heterocycles. The summed E-state index contributed by atoms with van der Waals surface area (Å²) < 4.78 is 226. The third-order valence-corrected chi connectivity index (χ3v) is 20.8. The molecule has 2 heterocycles. The van der Waals surface area contributed by atoms with E-state index in [9.17, 15) is 0 Å². The molecule has 0 aliphatic carbocycles. The number of para-hydroxylation sites is 1. The Kier molecular flexibility index (Phi) is 10.6. The van der Waals surface area contributed by atoms with Crippen LogP contribution in [0.5, 0.6) is 0 Å². The molecule has 0 atom stereocenters. The van der Waals surface area contributed by atoms with E-state index in [1.54, 1.807) is 0 Å². The number of furan rings is 2. The average molecular weight is 1420 g/mol. The molecule has 23 aromatic rings. The minimum Gasteiger partial charge on any atom is -0.456 e. The van der Waals surface area contributed by atoms with Crippen molar-refractivity contribution >= 4 is 141 Å². The van der Waals surface area contributed by atoms with E-state index in [-0.39, 0.29) is 29.7 Å². The van der Waals surface area contributed by atoms with Gasteiger partial charge in [-0.25, -0.2) is 0 Å². The molecule has 0 aliphatic rings. The van der Waals surface area contributed by atoms with Gasteiger partial charge in [0.25, 0.3) is 0 Å². The molecule has 0 amide bonds. The lowest BCUT2D eigenvalue weighted by Gasteiger charge is -2.18. The summed E-state index contributed by atoms with van der Waals surface area (Å²) in [5, 5.41) is 15.4. The fourth-order valence-electron chi connectivity index (χ4n) is 16.0. The monoisotopic (exact) mass is 1420 g/mol. The second-order valence-corrected chi connectivity index (χ2v) is 26.9. The maximum atomic E-state index is 9.07. The van der Waals surface area contributed by atoms with Crippen LogP contribution < -0.4 is 0 Å². The third-order valence-electron chi connectivity index (χ3n) is 20.8. The first-order valence-corrected chi connectivity index (χ1v) is 35.8. The van der Waals surface area contributed by atoms with E-state index in [2.05, 4.69) is 218 Å². The van der Waals surface area contributed by atoms with Gasteiger partial charge < -0.3 is 8.83 Å². The molecule has 0 N–H and O–H groups in total. The summed E-state index contributed by atoms with van der Waals surface area (Å²) in [5.41, 5.74) is 11.3. The van der Waals surface area contributed by atoms with Crippen LogP contribution in [0.4, 0.5) is 0 Å². The van der Waals surface area contributed by atoms with Gasteiger partial charge >= 0.3 is 0 Å². The van der Waals surface area contributed by atoms with E-state index in [1.807, 2.05) is 42.5 Å². The average Bonchev–Trinajstić information content (AvgIpc) is 1.02. The van der Waals surface area contributed by atoms with E-state index in [1.165, 1.54) is 60.0 Å². The highest BCUT2D eigenvalue weighted by Gasteiger charge is 2.23. The lowest BCUT2D eigenvalue weighted by Crippen LogP contribution is -1.91. The van der Waals surface area contributed by atoms with Gasteiger partial charge in [0.1, 0.15) is 22.3 Å². The second kappa shape index (κ2) is 26.9. The Bertz CT molecular complexity index is 8940. The standard InChI is InChI=1S/C42H26O.C36H22O.C30H20/c1-2-10-27(11-3-1)28-18-20-29(21-19-28)41-33-14-6-8-16-35(33)42(36-17-9-7-15-34(36)41)32-22-23-39-37(25-32)38-24-30-12-4-5-13-31(30)26-40(38)43-39;1-2-10-24-21-25(18-17-23(24)9-1)35-28-12-3-5-14-30(28)36(31-15-6-4-13-29(31)35)26-19-20-34-32(22-26)27-11-7-8-16-33(27)37-34;1-2-12-22(13-3-1)29-25-16-6-8-18-27(25)30(28-19-9-7-17-26(28)29)24-20-10-14-21-11-4-5-15-23(21)24/h1-26H;1-22H;1-20H/i1D,2D,3D,10D,11D;;1D,2D,3D,4D,5D,6D,7D,8D,9D,10D,11D,12D,13D,14D,15D,16D,17D,18D,19D,20D. The van der Waals surface area contributed by atoms with Gasteiger partial charge in [-0.05, 0) is 223 Å². The minimum absolute atomic E-state index is 0.202. The highest BCUT2D eigenvalue weighted by molar-refractivity contribution is 6.26. The van der Waals surface area contributed by atoms with Crippen molar-refractivity contribution < 1.29 is 43.1 Å². The fraction of sp³-hybridized carbons (Fsp3) is 0. The van der Waals surface area contributed by atoms with Crippen molar-refractivity contribution in [3.05, 3.63) is 412 Å². The zero-order chi connectivity index (χ0) is 94.3. The molecule has 2 aromatic heterocycles. The third kappa shape index (κ3) is 10.9. The smallest absolute Gasteiger partial charge is 0.136 e. The van der Waals surface area contributed by atoms with Crippen LogP contribution in [0, 0.1) is 0 Å². The summed E-state index contributed by atoms with van der Waals surface area (Å²) in [6.07, 6.45) is 0.